The summed E-state index contributed by atoms with van der Waals surface area (Å²) < 4.78 is 4.89. The van der Waals surface area contributed by atoms with Gasteiger partial charge in [0.1, 0.15) is 0 Å². The van der Waals surface area contributed by atoms with Crippen molar-refractivity contribution in [1.29, 1.82) is 0 Å². The number of amides is 2. The molecule has 0 radical (unpaired) electrons. The van der Waals surface area contributed by atoms with Crippen molar-refractivity contribution in [2.24, 2.45) is 0 Å². The lowest BCUT2D eigenvalue weighted by atomic mass is 10.2. The Bertz CT molecular complexity index is 269. The van der Waals surface area contributed by atoms with Gasteiger partial charge in [0.25, 0.3) is 0 Å². The van der Waals surface area contributed by atoms with Gasteiger partial charge in [-0.25, -0.2) is 0 Å². The van der Waals surface area contributed by atoms with Crippen LogP contribution in [0, 0.1) is 0 Å². The van der Waals surface area contributed by atoms with E-state index in [0.717, 1.165) is 6.42 Å². The van der Waals surface area contributed by atoms with Gasteiger partial charge in [-0.1, -0.05) is 0 Å². The van der Waals surface area contributed by atoms with E-state index in [9.17, 15) is 9.59 Å². The molecule has 0 aliphatic rings. The van der Waals surface area contributed by atoms with Crippen molar-refractivity contribution in [2.75, 3.05) is 47.9 Å². The Morgan fingerprint density at radius 1 is 1.28 bits per heavy atom. The van der Waals surface area contributed by atoms with Crippen LogP contribution in [0.15, 0.2) is 0 Å². The van der Waals surface area contributed by atoms with Gasteiger partial charge >= 0.3 is 0 Å². The number of nitrogens with zero attached hydrogens (tertiary/aromatic N) is 2. The predicted molar refractivity (Wildman–Crippen MR) is 70.3 cm³/mol. The van der Waals surface area contributed by atoms with Crippen LogP contribution in [0.2, 0.25) is 0 Å². The van der Waals surface area contributed by atoms with E-state index in [0.29, 0.717) is 13.2 Å². The van der Waals surface area contributed by atoms with Crippen LogP contribution >= 0.6 is 0 Å². The molecular formula is C12H25N3O3. The maximum atomic E-state index is 11.7. The zero-order valence-electron chi connectivity index (χ0n) is 12.0. The third kappa shape index (κ3) is 6.56. The van der Waals surface area contributed by atoms with Crippen LogP contribution in [0.3, 0.4) is 0 Å². The molecule has 0 spiro atoms. The molecule has 1 unspecified atom stereocenters. The number of hydrogen-bond donors (Lipinski definition) is 1. The predicted octanol–water partition coefficient (Wildman–Crippen LogP) is -0.452. The van der Waals surface area contributed by atoms with Crippen LogP contribution in [0.4, 0.5) is 0 Å². The number of ether oxygens (including phenoxy) is 1. The average molecular weight is 259 g/mol. The molecule has 6 nitrogen and oxygen atoms in total. The number of carbonyl (C=O) groups is 2. The first-order chi connectivity index (χ1) is 8.40. The van der Waals surface area contributed by atoms with Gasteiger partial charge in [0.2, 0.25) is 11.8 Å². The van der Waals surface area contributed by atoms with Crippen LogP contribution < -0.4 is 5.32 Å². The molecule has 6 heteroatoms. The minimum absolute atomic E-state index is 0.00955. The molecule has 0 aromatic carbocycles. The molecule has 2 amide bonds. The maximum Gasteiger partial charge on any atom is 0.239 e. The minimum atomic E-state index is -0.301. The molecular weight excluding hydrogens is 234 g/mol. The highest BCUT2D eigenvalue weighted by Gasteiger charge is 2.21. The van der Waals surface area contributed by atoms with Gasteiger partial charge in [-0.3, -0.25) is 14.5 Å². The standard InChI is InChI=1S/C12H25N3O3/c1-10(12(17)14(2)3)15(4)9-11(16)13-7-6-8-18-5/h10H,6-9H2,1-5H3,(H,13,16). The Balaban J connectivity index is 3.95. The van der Waals surface area contributed by atoms with Crippen molar-refractivity contribution in [3.8, 4) is 0 Å². The third-order valence-corrected chi connectivity index (χ3v) is 2.70. The van der Waals surface area contributed by atoms with E-state index in [1.54, 1.807) is 40.1 Å². The molecule has 0 fully saturated rings. The quantitative estimate of drug-likeness (QED) is 0.600. The van der Waals surface area contributed by atoms with Gasteiger partial charge in [-0.05, 0) is 20.4 Å². The minimum Gasteiger partial charge on any atom is -0.385 e. The SMILES string of the molecule is COCCCNC(=O)CN(C)C(C)C(=O)N(C)C. The monoisotopic (exact) mass is 259 g/mol. The number of methoxy groups -OCH3 is 1. The zero-order valence-corrected chi connectivity index (χ0v) is 12.0. The molecule has 0 aliphatic heterocycles. The van der Waals surface area contributed by atoms with E-state index in [2.05, 4.69) is 5.32 Å². The highest BCUT2D eigenvalue weighted by Crippen LogP contribution is 1.98. The van der Waals surface area contributed by atoms with Crippen molar-refractivity contribution in [3.05, 3.63) is 0 Å². The van der Waals surface area contributed by atoms with Gasteiger partial charge < -0.3 is 15.0 Å². The summed E-state index contributed by atoms with van der Waals surface area (Å²) in [5, 5.41) is 2.79. The lowest BCUT2D eigenvalue weighted by molar-refractivity contribution is -0.134. The van der Waals surface area contributed by atoms with Crippen LogP contribution in [0.25, 0.3) is 0 Å². The molecule has 0 bridgehead atoms. The van der Waals surface area contributed by atoms with Crippen LogP contribution in [0.5, 0.6) is 0 Å². The maximum absolute atomic E-state index is 11.7. The number of carbonyl (C=O) groups excluding carboxylic acids is 2. The summed E-state index contributed by atoms with van der Waals surface area (Å²) in [7, 11) is 6.81. The summed E-state index contributed by atoms with van der Waals surface area (Å²) in [6.45, 7) is 3.23. The Kier molecular flexibility index (Phi) is 8.32. The van der Waals surface area contributed by atoms with Crippen molar-refractivity contribution in [3.63, 3.8) is 0 Å². The summed E-state index contributed by atoms with van der Waals surface area (Å²) >= 11 is 0. The normalized spacial score (nSPS) is 12.3. The van der Waals surface area contributed by atoms with Crippen molar-refractivity contribution < 1.29 is 14.3 Å². The van der Waals surface area contributed by atoms with Gasteiger partial charge in [0.05, 0.1) is 12.6 Å². The third-order valence-electron chi connectivity index (χ3n) is 2.70. The van der Waals surface area contributed by atoms with Crippen molar-refractivity contribution in [1.82, 2.24) is 15.1 Å². The van der Waals surface area contributed by atoms with Gasteiger partial charge in [-0.15, -0.1) is 0 Å². The van der Waals surface area contributed by atoms with Crippen molar-refractivity contribution in [2.45, 2.75) is 19.4 Å². The molecule has 18 heavy (non-hydrogen) atoms. The zero-order chi connectivity index (χ0) is 14.1. The smallest absolute Gasteiger partial charge is 0.239 e. The summed E-state index contributed by atoms with van der Waals surface area (Å²) in [5.41, 5.74) is 0. The fraction of sp³-hybridized carbons (Fsp3) is 0.833. The first kappa shape index (κ1) is 16.9. The molecule has 0 saturated heterocycles. The molecule has 0 heterocycles. The number of nitrogens with one attached hydrogen (secondary N) is 1. The van der Waals surface area contributed by atoms with Crippen LogP contribution in [-0.4, -0.2) is 75.6 Å². The fourth-order valence-corrected chi connectivity index (χ4v) is 1.43. The molecule has 0 aromatic rings. The number of hydrogen-bond acceptors (Lipinski definition) is 4. The second-order valence-corrected chi connectivity index (χ2v) is 4.52. The van der Waals surface area contributed by atoms with Gasteiger partial charge in [-0.2, -0.15) is 0 Å². The molecule has 106 valence electrons. The van der Waals surface area contributed by atoms with Gasteiger partial charge in [0, 0.05) is 34.4 Å². The first-order valence-corrected chi connectivity index (χ1v) is 6.07. The second kappa shape index (κ2) is 8.88. The first-order valence-electron chi connectivity index (χ1n) is 6.07. The molecule has 0 saturated carbocycles. The van der Waals surface area contributed by atoms with E-state index in [4.69, 9.17) is 4.74 Å². The van der Waals surface area contributed by atoms with E-state index < -0.39 is 0 Å². The highest BCUT2D eigenvalue weighted by atomic mass is 16.5. The van der Waals surface area contributed by atoms with E-state index in [1.165, 1.54) is 4.90 Å². The van der Waals surface area contributed by atoms with E-state index >= 15 is 0 Å². The molecule has 0 aromatic heterocycles. The summed E-state index contributed by atoms with van der Waals surface area (Å²) in [5.74, 6) is -0.0864. The largest absolute Gasteiger partial charge is 0.385 e. The second-order valence-electron chi connectivity index (χ2n) is 4.52. The average Bonchev–Trinajstić information content (AvgIpc) is 2.32. The molecule has 0 aliphatic carbocycles. The lowest BCUT2D eigenvalue weighted by Gasteiger charge is -2.25. The molecule has 0 rings (SSSR count). The van der Waals surface area contributed by atoms with E-state index in [1.807, 2.05) is 0 Å². The Morgan fingerprint density at radius 2 is 1.89 bits per heavy atom. The Labute approximate surface area is 109 Å². The number of likely N-dealkylation sites (N-methyl/N-ethyl adjacent to an activating group) is 2. The molecule has 1 atom stereocenters. The van der Waals surface area contributed by atoms with Gasteiger partial charge in [0.15, 0.2) is 0 Å². The molecule has 1 N–H and O–H groups in total. The van der Waals surface area contributed by atoms with E-state index in [-0.39, 0.29) is 24.4 Å². The summed E-state index contributed by atoms with van der Waals surface area (Å²) in [6.07, 6.45) is 0.790. The Hall–Kier alpha value is -1.14. The lowest BCUT2D eigenvalue weighted by Crippen LogP contribution is -2.46. The fourth-order valence-electron chi connectivity index (χ4n) is 1.43. The summed E-state index contributed by atoms with van der Waals surface area (Å²) in [4.78, 5) is 26.6. The van der Waals surface area contributed by atoms with Crippen LogP contribution in [-0.2, 0) is 14.3 Å². The number of rotatable bonds is 8. The topological polar surface area (TPSA) is 61.9 Å². The Morgan fingerprint density at radius 3 is 2.39 bits per heavy atom. The van der Waals surface area contributed by atoms with Crippen molar-refractivity contribution >= 4 is 11.8 Å². The highest BCUT2D eigenvalue weighted by molar-refractivity contribution is 5.83. The summed E-state index contributed by atoms with van der Waals surface area (Å²) in [6, 6.07) is -0.301. The van der Waals surface area contributed by atoms with Crippen LogP contribution in [0.1, 0.15) is 13.3 Å².